The van der Waals surface area contributed by atoms with Gasteiger partial charge in [0.2, 0.25) is 5.91 Å². The molecule has 0 saturated carbocycles. The van der Waals surface area contributed by atoms with Gasteiger partial charge in [-0.1, -0.05) is 24.3 Å². The van der Waals surface area contributed by atoms with Crippen molar-refractivity contribution in [2.75, 3.05) is 13.6 Å². The molecule has 2 rings (SSSR count). The van der Waals surface area contributed by atoms with Crippen LogP contribution < -0.4 is 10.6 Å². The summed E-state index contributed by atoms with van der Waals surface area (Å²) >= 11 is 0. The minimum absolute atomic E-state index is 0. The molecule has 1 aliphatic carbocycles. The second-order valence-corrected chi connectivity index (χ2v) is 4.92. The van der Waals surface area contributed by atoms with Crippen molar-refractivity contribution in [2.24, 2.45) is 0 Å². The molecule has 0 fully saturated rings. The van der Waals surface area contributed by atoms with Crippen LogP contribution >= 0.6 is 12.4 Å². The lowest BCUT2D eigenvalue weighted by atomic mass is 9.87. The molecule has 0 saturated heterocycles. The molecule has 1 atom stereocenters. The van der Waals surface area contributed by atoms with Crippen molar-refractivity contribution in [1.29, 1.82) is 0 Å². The number of nitrogens with one attached hydrogen (secondary N) is 2. The topological polar surface area (TPSA) is 41.1 Å². The van der Waals surface area contributed by atoms with E-state index in [1.165, 1.54) is 17.5 Å². The lowest BCUT2D eigenvalue weighted by Gasteiger charge is -2.26. The summed E-state index contributed by atoms with van der Waals surface area (Å²) in [7, 11) is 1.91. The SMILES string of the molecule is CNCCCC(=O)NC1CCCc2ccccc21.Cl. The number of benzene rings is 1. The van der Waals surface area contributed by atoms with Crippen molar-refractivity contribution in [2.45, 2.75) is 38.1 Å². The fraction of sp³-hybridized carbons (Fsp3) is 0.533. The summed E-state index contributed by atoms with van der Waals surface area (Å²) in [4.78, 5) is 11.9. The monoisotopic (exact) mass is 282 g/mol. The standard InChI is InChI=1S/C15H22N2O.ClH/c1-16-11-5-10-15(18)17-14-9-4-7-12-6-2-3-8-13(12)14;/h2-3,6,8,14,16H,4-5,7,9-11H2,1H3,(H,17,18);1H. The average molecular weight is 283 g/mol. The van der Waals surface area contributed by atoms with Crippen molar-refractivity contribution in [3.63, 3.8) is 0 Å². The molecular weight excluding hydrogens is 260 g/mol. The Hall–Kier alpha value is -1.06. The Kier molecular flexibility index (Phi) is 6.89. The number of rotatable bonds is 5. The van der Waals surface area contributed by atoms with Crippen LogP contribution in [0.25, 0.3) is 0 Å². The maximum Gasteiger partial charge on any atom is 0.220 e. The van der Waals surface area contributed by atoms with Crippen LogP contribution in [0.4, 0.5) is 0 Å². The van der Waals surface area contributed by atoms with Gasteiger partial charge in [-0.25, -0.2) is 0 Å². The van der Waals surface area contributed by atoms with E-state index in [2.05, 4.69) is 34.9 Å². The van der Waals surface area contributed by atoms with E-state index in [-0.39, 0.29) is 24.4 Å². The summed E-state index contributed by atoms with van der Waals surface area (Å²) in [5.74, 6) is 0.173. The second-order valence-electron chi connectivity index (χ2n) is 4.92. The first-order chi connectivity index (χ1) is 8.81. The van der Waals surface area contributed by atoms with Gasteiger partial charge < -0.3 is 10.6 Å². The molecule has 0 heterocycles. The van der Waals surface area contributed by atoms with Crippen molar-refractivity contribution >= 4 is 18.3 Å². The summed E-state index contributed by atoms with van der Waals surface area (Å²) in [6.45, 7) is 0.897. The van der Waals surface area contributed by atoms with Gasteiger partial charge >= 0.3 is 0 Å². The minimum atomic E-state index is 0. The molecule has 0 aromatic heterocycles. The number of aryl methyl sites for hydroxylation is 1. The molecule has 0 aliphatic heterocycles. The van der Waals surface area contributed by atoms with Crippen LogP contribution in [0.3, 0.4) is 0 Å². The molecule has 106 valence electrons. The minimum Gasteiger partial charge on any atom is -0.349 e. The highest BCUT2D eigenvalue weighted by Crippen LogP contribution is 2.29. The Balaban J connectivity index is 0.00000180. The van der Waals surface area contributed by atoms with Gasteiger partial charge in [0.15, 0.2) is 0 Å². The third kappa shape index (κ3) is 4.51. The number of fused-ring (bicyclic) bond motifs is 1. The van der Waals surface area contributed by atoms with E-state index in [9.17, 15) is 4.79 Å². The first-order valence-corrected chi connectivity index (χ1v) is 6.83. The van der Waals surface area contributed by atoms with Crippen LogP contribution in [0.1, 0.15) is 42.9 Å². The zero-order valence-electron chi connectivity index (χ0n) is 11.4. The number of halogens is 1. The van der Waals surface area contributed by atoms with Crippen LogP contribution in [0.2, 0.25) is 0 Å². The number of carbonyl (C=O) groups excluding carboxylic acids is 1. The molecule has 1 aromatic rings. The van der Waals surface area contributed by atoms with Gasteiger partial charge in [0.05, 0.1) is 6.04 Å². The third-order valence-corrected chi connectivity index (χ3v) is 3.54. The van der Waals surface area contributed by atoms with E-state index >= 15 is 0 Å². The van der Waals surface area contributed by atoms with E-state index in [0.29, 0.717) is 6.42 Å². The summed E-state index contributed by atoms with van der Waals surface area (Å²) < 4.78 is 0. The van der Waals surface area contributed by atoms with Crippen molar-refractivity contribution in [1.82, 2.24) is 10.6 Å². The Bertz CT molecular complexity index is 409. The third-order valence-electron chi connectivity index (χ3n) is 3.54. The molecule has 2 N–H and O–H groups in total. The van der Waals surface area contributed by atoms with E-state index < -0.39 is 0 Å². The molecule has 3 nitrogen and oxygen atoms in total. The molecule has 1 unspecified atom stereocenters. The second kappa shape index (κ2) is 8.18. The molecule has 1 aliphatic rings. The highest BCUT2D eigenvalue weighted by Gasteiger charge is 2.20. The molecule has 0 spiro atoms. The van der Waals surface area contributed by atoms with E-state index in [1.54, 1.807) is 0 Å². The number of hydrogen-bond acceptors (Lipinski definition) is 2. The van der Waals surface area contributed by atoms with Crippen molar-refractivity contribution in [3.8, 4) is 0 Å². The number of hydrogen-bond donors (Lipinski definition) is 2. The average Bonchev–Trinajstić information content (AvgIpc) is 2.39. The smallest absolute Gasteiger partial charge is 0.220 e. The van der Waals surface area contributed by atoms with Crippen molar-refractivity contribution in [3.05, 3.63) is 35.4 Å². The zero-order chi connectivity index (χ0) is 12.8. The fourth-order valence-corrected chi connectivity index (χ4v) is 2.60. The van der Waals surface area contributed by atoms with Crippen molar-refractivity contribution < 1.29 is 4.79 Å². The Morgan fingerprint density at radius 3 is 2.95 bits per heavy atom. The number of carbonyl (C=O) groups is 1. The highest BCUT2D eigenvalue weighted by molar-refractivity contribution is 5.85. The van der Waals surface area contributed by atoms with Crippen LogP contribution in [-0.4, -0.2) is 19.5 Å². The van der Waals surface area contributed by atoms with Gasteiger partial charge in [-0.3, -0.25) is 4.79 Å². The molecule has 1 amide bonds. The van der Waals surface area contributed by atoms with Crippen LogP contribution in [0.5, 0.6) is 0 Å². The molecule has 1 aromatic carbocycles. The van der Waals surface area contributed by atoms with E-state index in [4.69, 9.17) is 0 Å². The lowest BCUT2D eigenvalue weighted by molar-refractivity contribution is -0.122. The largest absolute Gasteiger partial charge is 0.349 e. The fourth-order valence-electron chi connectivity index (χ4n) is 2.60. The van der Waals surface area contributed by atoms with Gasteiger partial charge in [-0.05, 0) is 50.4 Å². The van der Waals surface area contributed by atoms with Gasteiger partial charge in [-0.15, -0.1) is 12.4 Å². The van der Waals surface area contributed by atoms with Crippen LogP contribution in [0.15, 0.2) is 24.3 Å². The summed E-state index contributed by atoms with van der Waals surface area (Å²) in [6, 6.07) is 8.68. The quantitative estimate of drug-likeness (QED) is 0.815. The highest BCUT2D eigenvalue weighted by atomic mass is 35.5. The van der Waals surface area contributed by atoms with Gasteiger partial charge in [0, 0.05) is 6.42 Å². The van der Waals surface area contributed by atoms with E-state index in [0.717, 1.165) is 25.8 Å². The molecular formula is C15H23ClN2O. The van der Waals surface area contributed by atoms with Crippen LogP contribution in [-0.2, 0) is 11.2 Å². The predicted molar refractivity (Wildman–Crippen MR) is 80.7 cm³/mol. The maximum atomic E-state index is 11.9. The first kappa shape index (κ1) is 16.0. The molecule has 0 radical (unpaired) electrons. The van der Waals surface area contributed by atoms with Gasteiger partial charge in [0.25, 0.3) is 0 Å². The summed E-state index contributed by atoms with van der Waals surface area (Å²) in [5.41, 5.74) is 2.70. The predicted octanol–water partition coefficient (Wildman–Crippen LogP) is 2.60. The number of amides is 1. The van der Waals surface area contributed by atoms with E-state index in [1.807, 2.05) is 7.05 Å². The molecule has 4 heteroatoms. The Morgan fingerprint density at radius 2 is 2.16 bits per heavy atom. The maximum absolute atomic E-state index is 11.9. The Morgan fingerprint density at radius 1 is 1.37 bits per heavy atom. The van der Waals surface area contributed by atoms with Gasteiger partial charge in [0.1, 0.15) is 0 Å². The summed E-state index contributed by atoms with van der Waals surface area (Å²) in [5, 5.41) is 6.23. The zero-order valence-corrected chi connectivity index (χ0v) is 12.3. The summed E-state index contributed by atoms with van der Waals surface area (Å²) in [6.07, 6.45) is 4.88. The Labute approximate surface area is 121 Å². The van der Waals surface area contributed by atoms with Gasteiger partial charge in [-0.2, -0.15) is 0 Å². The molecule has 0 bridgehead atoms. The van der Waals surface area contributed by atoms with Crippen LogP contribution in [0, 0.1) is 0 Å². The lowest BCUT2D eigenvalue weighted by Crippen LogP contribution is -2.31. The normalized spacial score (nSPS) is 17.2. The first-order valence-electron chi connectivity index (χ1n) is 6.83. The molecule has 19 heavy (non-hydrogen) atoms.